The Bertz CT molecular complexity index is 1210. The van der Waals surface area contributed by atoms with Crippen LogP contribution in [0.5, 0.6) is 0 Å². The lowest BCUT2D eigenvalue weighted by Gasteiger charge is -2.30. The number of hydrogen-bond acceptors (Lipinski definition) is 6. The van der Waals surface area contributed by atoms with Crippen LogP contribution in [0.15, 0.2) is 45.9 Å². The summed E-state index contributed by atoms with van der Waals surface area (Å²) in [5, 5.41) is 3.91. The van der Waals surface area contributed by atoms with Gasteiger partial charge < -0.3 is 10.3 Å². The predicted octanol–water partition coefficient (Wildman–Crippen LogP) is 4.17. The summed E-state index contributed by atoms with van der Waals surface area (Å²) in [6, 6.07) is 8.89. The average molecular weight is 427 g/mol. The van der Waals surface area contributed by atoms with E-state index < -0.39 is 10.0 Å². The summed E-state index contributed by atoms with van der Waals surface area (Å²) in [7, 11) is -3.60. The summed E-state index contributed by atoms with van der Waals surface area (Å²) in [5.74, 6) is 0.856. The van der Waals surface area contributed by atoms with E-state index in [0.717, 1.165) is 35.2 Å². The zero-order valence-electron chi connectivity index (χ0n) is 17.6. The van der Waals surface area contributed by atoms with E-state index in [2.05, 4.69) is 10.1 Å². The van der Waals surface area contributed by atoms with Crippen molar-refractivity contribution in [3.8, 4) is 22.5 Å². The third-order valence-electron chi connectivity index (χ3n) is 5.74. The van der Waals surface area contributed by atoms with E-state index in [1.165, 1.54) is 0 Å². The van der Waals surface area contributed by atoms with Gasteiger partial charge in [0.2, 0.25) is 10.0 Å². The van der Waals surface area contributed by atoms with Gasteiger partial charge >= 0.3 is 0 Å². The molecule has 1 saturated heterocycles. The van der Waals surface area contributed by atoms with Crippen molar-refractivity contribution < 1.29 is 12.9 Å². The maximum atomic E-state index is 13.4. The van der Waals surface area contributed by atoms with Crippen LogP contribution < -0.4 is 5.73 Å². The second-order valence-corrected chi connectivity index (χ2v) is 10.3. The lowest BCUT2D eigenvalue weighted by molar-refractivity contribution is 0.292. The fourth-order valence-electron chi connectivity index (χ4n) is 4.04. The molecule has 8 heteroatoms. The molecule has 0 saturated carbocycles. The molecule has 3 heterocycles. The second kappa shape index (κ2) is 7.21. The Morgan fingerprint density at radius 1 is 1.13 bits per heavy atom. The maximum Gasteiger partial charge on any atom is 0.243 e. The van der Waals surface area contributed by atoms with Crippen molar-refractivity contribution in [2.45, 2.75) is 51.0 Å². The van der Waals surface area contributed by atoms with Crippen LogP contribution in [0.4, 0.5) is 5.82 Å². The van der Waals surface area contributed by atoms with E-state index in [-0.39, 0.29) is 10.4 Å². The maximum absolute atomic E-state index is 13.4. The van der Waals surface area contributed by atoms with Crippen LogP contribution in [-0.2, 0) is 10.0 Å². The summed E-state index contributed by atoms with van der Waals surface area (Å²) in [4.78, 5) is 4.59. The zero-order valence-corrected chi connectivity index (χ0v) is 18.5. The van der Waals surface area contributed by atoms with Gasteiger partial charge in [-0.3, -0.25) is 0 Å². The van der Waals surface area contributed by atoms with E-state index in [1.807, 2.05) is 39.8 Å². The van der Waals surface area contributed by atoms with Gasteiger partial charge in [-0.25, -0.2) is 13.4 Å². The molecule has 30 heavy (non-hydrogen) atoms. The summed E-state index contributed by atoms with van der Waals surface area (Å²) in [5.41, 5.74) is 9.54. The predicted molar refractivity (Wildman–Crippen MR) is 116 cm³/mol. The highest BCUT2D eigenvalue weighted by Crippen LogP contribution is 2.36. The minimum atomic E-state index is -3.60. The molecule has 0 unspecified atom stereocenters. The smallest absolute Gasteiger partial charge is 0.243 e. The molecule has 4 rings (SSSR count). The number of nitrogens with two attached hydrogens (primary N) is 1. The minimum Gasteiger partial charge on any atom is -0.383 e. The molecule has 2 aromatic heterocycles. The van der Waals surface area contributed by atoms with Gasteiger partial charge in [0.1, 0.15) is 5.82 Å². The summed E-state index contributed by atoms with van der Waals surface area (Å²) < 4.78 is 33.7. The van der Waals surface area contributed by atoms with E-state index in [0.29, 0.717) is 23.7 Å². The van der Waals surface area contributed by atoms with E-state index >= 15 is 0 Å². The highest BCUT2D eigenvalue weighted by Gasteiger charge is 2.41. The molecule has 0 atom stereocenters. The Morgan fingerprint density at radius 3 is 2.53 bits per heavy atom. The SMILES string of the molecule is Cc1cc(-c2cc(-c3cc(S(=O)(=O)N4CCCC4(C)C)ccc3C)cnc2N)on1. The van der Waals surface area contributed by atoms with Crippen molar-refractivity contribution in [2.24, 2.45) is 0 Å². The van der Waals surface area contributed by atoms with E-state index in [4.69, 9.17) is 10.3 Å². The first-order valence-electron chi connectivity index (χ1n) is 9.93. The van der Waals surface area contributed by atoms with Gasteiger partial charge in [0.15, 0.2) is 5.76 Å². The molecule has 3 aromatic rings. The molecule has 0 amide bonds. The number of aromatic nitrogens is 2. The molecule has 0 aliphatic carbocycles. The van der Waals surface area contributed by atoms with Crippen LogP contribution in [0, 0.1) is 13.8 Å². The largest absolute Gasteiger partial charge is 0.383 e. The molecule has 0 bridgehead atoms. The standard InChI is InChI=1S/C22H26N4O3S/c1-14-6-7-17(30(27,28)26-9-5-8-22(26,3)4)12-18(14)16-11-19(21(23)24-13-16)20-10-15(2)25-29-20/h6-7,10-13H,5,8-9H2,1-4H3,(H2,23,24). The summed E-state index contributed by atoms with van der Waals surface area (Å²) in [6.07, 6.45) is 3.38. The number of aryl methyl sites for hydroxylation is 2. The van der Waals surface area contributed by atoms with Crippen molar-refractivity contribution in [1.29, 1.82) is 0 Å². The fraction of sp³-hybridized carbons (Fsp3) is 0.364. The molecule has 1 fully saturated rings. The van der Waals surface area contributed by atoms with Crippen molar-refractivity contribution in [2.75, 3.05) is 12.3 Å². The first-order chi connectivity index (χ1) is 14.1. The zero-order chi connectivity index (χ0) is 21.7. The molecular weight excluding hydrogens is 400 g/mol. The number of hydrogen-bond donors (Lipinski definition) is 1. The Labute approximate surface area is 177 Å². The highest BCUT2D eigenvalue weighted by molar-refractivity contribution is 7.89. The topological polar surface area (TPSA) is 102 Å². The Morgan fingerprint density at radius 2 is 1.90 bits per heavy atom. The van der Waals surface area contributed by atoms with Gasteiger partial charge in [-0.05, 0) is 69.9 Å². The number of benzene rings is 1. The number of nitrogen functional groups attached to an aromatic ring is 1. The lowest BCUT2D eigenvalue weighted by atomic mass is 10.00. The molecule has 1 aliphatic heterocycles. The number of rotatable bonds is 4. The van der Waals surface area contributed by atoms with Gasteiger partial charge in [0.25, 0.3) is 0 Å². The molecule has 7 nitrogen and oxygen atoms in total. The van der Waals surface area contributed by atoms with Crippen LogP contribution in [0.25, 0.3) is 22.5 Å². The molecule has 0 spiro atoms. The Hall–Kier alpha value is -2.71. The summed E-state index contributed by atoms with van der Waals surface area (Å²) in [6.45, 7) is 8.26. The normalized spacial score (nSPS) is 16.8. The third-order valence-corrected chi connectivity index (χ3v) is 7.85. The number of pyridine rings is 1. The van der Waals surface area contributed by atoms with Gasteiger partial charge in [0.05, 0.1) is 16.2 Å². The number of sulfonamides is 1. The van der Waals surface area contributed by atoms with Gasteiger partial charge in [-0.1, -0.05) is 11.2 Å². The van der Waals surface area contributed by atoms with Gasteiger partial charge in [-0.2, -0.15) is 4.31 Å². The van der Waals surface area contributed by atoms with Crippen molar-refractivity contribution in [3.05, 3.63) is 47.8 Å². The fourth-order valence-corrected chi connectivity index (χ4v) is 5.91. The monoisotopic (exact) mass is 426 g/mol. The van der Waals surface area contributed by atoms with Crippen molar-refractivity contribution in [3.63, 3.8) is 0 Å². The van der Waals surface area contributed by atoms with Crippen LogP contribution in [0.3, 0.4) is 0 Å². The molecule has 2 N–H and O–H groups in total. The molecule has 1 aromatic carbocycles. The highest BCUT2D eigenvalue weighted by atomic mass is 32.2. The van der Waals surface area contributed by atoms with Gasteiger partial charge in [0, 0.05) is 29.9 Å². The quantitative estimate of drug-likeness (QED) is 0.672. The first-order valence-corrected chi connectivity index (χ1v) is 11.4. The van der Waals surface area contributed by atoms with Crippen LogP contribution >= 0.6 is 0 Å². The van der Waals surface area contributed by atoms with Crippen molar-refractivity contribution in [1.82, 2.24) is 14.4 Å². The second-order valence-electron chi connectivity index (χ2n) is 8.46. The molecule has 158 valence electrons. The van der Waals surface area contributed by atoms with E-state index in [9.17, 15) is 8.42 Å². The average Bonchev–Trinajstić information content (AvgIpc) is 3.27. The Kier molecular flexibility index (Phi) is 4.94. The first kappa shape index (κ1) is 20.6. The molecule has 1 aliphatic rings. The van der Waals surface area contributed by atoms with Crippen LogP contribution in [-0.4, -0.2) is 34.9 Å². The number of nitrogens with zero attached hydrogens (tertiary/aromatic N) is 3. The van der Waals surface area contributed by atoms with Gasteiger partial charge in [-0.15, -0.1) is 0 Å². The lowest BCUT2D eigenvalue weighted by Crippen LogP contribution is -2.42. The summed E-state index contributed by atoms with van der Waals surface area (Å²) >= 11 is 0. The third kappa shape index (κ3) is 3.50. The molecular formula is C22H26N4O3S. The van der Waals surface area contributed by atoms with Crippen LogP contribution in [0.1, 0.15) is 37.9 Å². The Balaban J connectivity index is 1.80. The number of anilines is 1. The van der Waals surface area contributed by atoms with E-state index in [1.54, 1.807) is 28.7 Å². The van der Waals surface area contributed by atoms with Crippen molar-refractivity contribution >= 4 is 15.8 Å². The molecule has 0 radical (unpaired) electrons. The minimum absolute atomic E-state index is 0.284. The van der Waals surface area contributed by atoms with Crippen LogP contribution in [0.2, 0.25) is 0 Å².